The Kier molecular flexibility index (Phi) is 7.90. The van der Waals surface area contributed by atoms with Gasteiger partial charge in [0.05, 0.1) is 0 Å². The van der Waals surface area contributed by atoms with E-state index < -0.39 is 0 Å². The normalized spacial score (nSPS) is 13.1. The number of rotatable bonds is 8. The van der Waals surface area contributed by atoms with Crippen LogP contribution in [0.1, 0.15) is 23.6 Å². The molecule has 0 saturated heterocycles. The van der Waals surface area contributed by atoms with E-state index in [0.717, 1.165) is 12.3 Å². The van der Waals surface area contributed by atoms with Crippen LogP contribution in [0.25, 0.3) is 11.1 Å². The maximum Gasteiger partial charge on any atom is 0.119 e. The Bertz CT molecular complexity index is 916. The third kappa shape index (κ3) is 5.94. The molecule has 3 aromatic carbocycles. The van der Waals surface area contributed by atoms with E-state index in [1.165, 1.54) is 27.8 Å². The molecule has 3 aromatic rings. The third-order valence-electron chi connectivity index (χ3n) is 4.76. The van der Waals surface area contributed by atoms with Crippen molar-refractivity contribution in [2.75, 3.05) is 27.2 Å². The van der Waals surface area contributed by atoms with Crippen molar-refractivity contribution in [1.29, 1.82) is 0 Å². The van der Waals surface area contributed by atoms with Gasteiger partial charge in [-0.15, -0.1) is 0 Å². The standard InChI is InChI=1S/C26H28INO/c1-20(27)25(21-10-6-4-7-11-21)26(22-12-8-5-9-13-22)23-14-16-24(17-15-23)29-19-18-28(2)3/h4-17,20H,18-19H2,1-3H3/b26-25-. The van der Waals surface area contributed by atoms with Gasteiger partial charge in [-0.1, -0.05) is 95.4 Å². The second kappa shape index (κ2) is 10.6. The van der Waals surface area contributed by atoms with Crippen molar-refractivity contribution in [2.24, 2.45) is 0 Å². The molecule has 0 amide bonds. The van der Waals surface area contributed by atoms with Crippen LogP contribution in [0.5, 0.6) is 5.75 Å². The van der Waals surface area contributed by atoms with Crippen molar-refractivity contribution in [3.8, 4) is 5.75 Å². The fraction of sp³-hybridized carbons (Fsp3) is 0.231. The summed E-state index contributed by atoms with van der Waals surface area (Å²) in [5.74, 6) is 0.909. The van der Waals surface area contributed by atoms with E-state index in [0.29, 0.717) is 10.5 Å². The zero-order chi connectivity index (χ0) is 20.6. The van der Waals surface area contributed by atoms with Crippen molar-refractivity contribution < 1.29 is 4.74 Å². The molecule has 0 spiro atoms. The number of ether oxygens (including phenoxy) is 1. The molecule has 3 rings (SSSR count). The van der Waals surface area contributed by atoms with Gasteiger partial charge in [0.15, 0.2) is 0 Å². The summed E-state index contributed by atoms with van der Waals surface area (Å²) in [7, 11) is 4.11. The smallest absolute Gasteiger partial charge is 0.119 e. The van der Waals surface area contributed by atoms with Crippen LogP contribution in [-0.4, -0.2) is 36.1 Å². The van der Waals surface area contributed by atoms with E-state index >= 15 is 0 Å². The first kappa shape index (κ1) is 21.6. The Morgan fingerprint density at radius 3 is 1.83 bits per heavy atom. The summed E-state index contributed by atoms with van der Waals surface area (Å²) < 4.78 is 6.25. The highest BCUT2D eigenvalue weighted by Gasteiger charge is 2.17. The number of allylic oxidation sites excluding steroid dienone is 1. The van der Waals surface area contributed by atoms with Gasteiger partial charge < -0.3 is 9.64 Å². The molecule has 0 radical (unpaired) electrons. The number of hydrogen-bond donors (Lipinski definition) is 0. The van der Waals surface area contributed by atoms with Gasteiger partial charge in [0.25, 0.3) is 0 Å². The van der Waals surface area contributed by atoms with E-state index in [1.54, 1.807) is 0 Å². The Hall–Kier alpha value is -2.11. The van der Waals surface area contributed by atoms with Gasteiger partial charge in [-0.25, -0.2) is 0 Å². The lowest BCUT2D eigenvalue weighted by Gasteiger charge is -2.20. The van der Waals surface area contributed by atoms with E-state index in [4.69, 9.17) is 4.74 Å². The third-order valence-corrected chi connectivity index (χ3v) is 5.39. The molecule has 1 atom stereocenters. The number of nitrogens with zero attached hydrogens (tertiary/aromatic N) is 1. The molecule has 3 heteroatoms. The van der Waals surface area contributed by atoms with Gasteiger partial charge in [0.2, 0.25) is 0 Å². The van der Waals surface area contributed by atoms with Crippen LogP contribution < -0.4 is 4.74 Å². The lowest BCUT2D eigenvalue weighted by atomic mass is 9.88. The van der Waals surface area contributed by atoms with Crippen LogP contribution in [0.2, 0.25) is 0 Å². The Balaban J connectivity index is 2.05. The lowest BCUT2D eigenvalue weighted by Crippen LogP contribution is -2.19. The maximum absolute atomic E-state index is 5.89. The number of hydrogen-bond acceptors (Lipinski definition) is 2. The molecular formula is C26H28INO. The summed E-state index contributed by atoms with van der Waals surface area (Å²) in [4.78, 5) is 2.12. The molecule has 0 saturated carbocycles. The van der Waals surface area contributed by atoms with Crippen LogP contribution in [0, 0.1) is 0 Å². The minimum Gasteiger partial charge on any atom is -0.492 e. The molecular weight excluding hydrogens is 469 g/mol. The Morgan fingerprint density at radius 2 is 1.31 bits per heavy atom. The van der Waals surface area contributed by atoms with Gasteiger partial charge >= 0.3 is 0 Å². The molecule has 2 nitrogen and oxygen atoms in total. The number of benzene rings is 3. The Labute approximate surface area is 188 Å². The fourth-order valence-electron chi connectivity index (χ4n) is 3.34. The SMILES string of the molecule is CC(I)/C(=C(\c1ccccc1)c1ccc(OCCN(C)C)cc1)c1ccccc1. The predicted molar refractivity (Wildman–Crippen MR) is 133 cm³/mol. The zero-order valence-electron chi connectivity index (χ0n) is 17.3. The summed E-state index contributed by atoms with van der Waals surface area (Å²) in [5.41, 5.74) is 6.33. The average molecular weight is 497 g/mol. The topological polar surface area (TPSA) is 12.5 Å². The summed E-state index contributed by atoms with van der Waals surface area (Å²) >= 11 is 2.52. The van der Waals surface area contributed by atoms with Gasteiger partial charge in [0, 0.05) is 10.5 Å². The summed E-state index contributed by atoms with van der Waals surface area (Å²) in [6.07, 6.45) is 0. The molecule has 0 fully saturated rings. The van der Waals surface area contributed by atoms with E-state index in [-0.39, 0.29) is 0 Å². The fourth-order valence-corrected chi connectivity index (χ4v) is 4.01. The minimum absolute atomic E-state index is 0.362. The quantitative estimate of drug-likeness (QED) is 0.203. The lowest BCUT2D eigenvalue weighted by molar-refractivity contribution is 0.261. The molecule has 0 bridgehead atoms. The highest BCUT2D eigenvalue weighted by atomic mass is 127. The highest BCUT2D eigenvalue weighted by molar-refractivity contribution is 14.1. The first-order chi connectivity index (χ1) is 14.1. The van der Waals surface area contributed by atoms with Crippen LogP contribution in [0.4, 0.5) is 0 Å². The van der Waals surface area contributed by atoms with Crippen LogP contribution >= 0.6 is 22.6 Å². The maximum atomic E-state index is 5.89. The molecule has 0 aliphatic heterocycles. The van der Waals surface area contributed by atoms with Crippen molar-refractivity contribution in [2.45, 2.75) is 10.8 Å². The molecule has 0 aromatic heterocycles. The van der Waals surface area contributed by atoms with E-state index in [1.807, 2.05) is 0 Å². The molecule has 0 aliphatic carbocycles. The van der Waals surface area contributed by atoms with Gasteiger partial charge in [-0.2, -0.15) is 0 Å². The predicted octanol–water partition coefficient (Wildman–Crippen LogP) is 6.41. The minimum atomic E-state index is 0.362. The second-order valence-corrected chi connectivity index (χ2v) is 9.18. The first-order valence-electron chi connectivity index (χ1n) is 9.93. The van der Waals surface area contributed by atoms with E-state index in [2.05, 4.69) is 133 Å². The Morgan fingerprint density at radius 1 is 0.793 bits per heavy atom. The number of halogens is 1. The van der Waals surface area contributed by atoms with Crippen LogP contribution in [0.15, 0.2) is 84.9 Å². The summed E-state index contributed by atoms with van der Waals surface area (Å²) in [6.45, 7) is 3.85. The molecule has 1 unspecified atom stereocenters. The summed E-state index contributed by atoms with van der Waals surface area (Å²) in [5, 5.41) is 0. The van der Waals surface area contributed by atoms with Crippen molar-refractivity contribution in [1.82, 2.24) is 4.90 Å². The van der Waals surface area contributed by atoms with Crippen LogP contribution in [0.3, 0.4) is 0 Å². The van der Waals surface area contributed by atoms with Gasteiger partial charge in [0.1, 0.15) is 12.4 Å². The second-order valence-electron chi connectivity index (χ2n) is 7.31. The largest absolute Gasteiger partial charge is 0.492 e. The van der Waals surface area contributed by atoms with Gasteiger partial charge in [-0.3, -0.25) is 0 Å². The zero-order valence-corrected chi connectivity index (χ0v) is 19.5. The average Bonchev–Trinajstić information content (AvgIpc) is 2.73. The van der Waals surface area contributed by atoms with Crippen LogP contribution in [-0.2, 0) is 0 Å². The molecule has 150 valence electrons. The molecule has 0 aliphatic rings. The van der Waals surface area contributed by atoms with Gasteiger partial charge in [-0.05, 0) is 61.0 Å². The monoisotopic (exact) mass is 497 g/mol. The van der Waals surface area contributed by atoms with Crippen molar-refractivity contribution in [3.63, 3.8) is 0 Å². The van der Waals surface area contributed by atoms with Crippen molar-refractivity contribution in [3.05, 3.63) is 102 Å². The van der Waals surface area contributed by atoms with E-state index in [9.17, 15) is 0 Å². The highest BCUT2D eigenvalue weighted by Crippen LogP contribution is 2.37. The molecule has 29 heavy (non-hydrogen) atoms. The molecule has 0 N–H and O–H groups in total. The first-order valence-corrected chi connectivity index (χ1v) is 11.2. The summed E-state index contributed by atoms with van der Waals surface area (Å²) in [6, 6.07) is 29.9. The van der Waals surface area contributed by atoms with Crippen molar-refractivity contribution >= 4 is 33.7 Å². The number of likely N-dealkylation sites (N-methyl/N-ethyl adjacent to an activating group) is 1. The number of alkyl halides is 1. The molecule has 0 heterocycles.